The maximum Gasteiger partial charge on any atom is 0.00783 e. The average molecular weight is 259 g/mol. The van der Waals surface area contributed by atoms with E-state index in [0.29, 0.717) is 5.92 Å². The van der Waals surface area contributed by atoms with Crippen LogP contribution in [0.4, 0.5) is 0 Å². The summed E-state index contributed by atoms with van der Waals surface area (Å²) in [7, 11) is 0. The summed E-state index contributed by atoms with van der Waals surface area (Å²) in [6.45, 7) is 7.63. The van der Waals surface area contributed by atoms with Crippen molar-refractivity contribution in [1.29, 1.82) is 0 Å². The van der Waals surface area contributed by atoms with Gasteiger partial charge in [0.05, 0.1) is 0 Å². The van der Waals surface area contributed by atoms with Crippen molar-refractivity contribution in [1.82, 2.24) is 0 Å². The van der Waals surface area contributed by atoms with Crippen LogP contribution in [0, 0.1) is 0 Å². The Morgan fingerprint density at radius 2 is 1.84 bits per heavy atom. The predicted molar refractivity (Wildman–Crippen MR) is 83.7 cm³/mol. The summed E-state index contributed by atoms with van der Waals surface area (Å²) in [5, 5.41) is 0. The number of aryl methyl sites for hydroxylation is 1. The molecule has 1 fully saturated rings. The molecule has 106 valence electrons. The van der Waals surface area contributed by atoms with Crippen molar-refractivity contribution in [2.45, 2.75) is 70.6 Å². The Bertz CT molecular complexity index is 414. The number of nitrogens with two attached hydrogens (primary N) is 1. The molecule has 0 aromatic heterocycles. The molecule has 2 N–H and O–H groups in total. The van der Waals surface area contributed by atoms with E-state index in [1.54, 1.807) is 5.56 Å². The molecule has 0 amide bonds. The zero-order valence-corrected chi connectivity index (χ0v) is 12.8. The van der Waals surface area contributed by atoms with Gasteiger partial charge in [-0.15, -0.1) is 0 Å². The largest absolute Gasteiger partial charge is 0.330 e. The summed E-state index contributed by atoms with van der Waals surface area (Å²) in [5.41, 5.74) is 11.0. The van der Waals surface area contributed by atoms with Crippen LogP contribution in [0.3, 0.4) is 0 Å². The Labute approximate surface area is 118 Å². The Kier molecular flexibility index (Phi) is 4.67. The van der Waals surface area contributed by atoms with E-state index >= 15 is 0 Å². The topological polar surface area (TPSA) is 26.0 Å². The van der Waals surface area contributed by atoms with E-state index in [4.69, 9.17) is 5.73 Å². The summed E-state index contributed by atoms with van der Waals surface area (Å²) < 4.78 is 0. The van der Waals surface area contributed by atoms with E-state index in [0.717, 1.165) is 13.0 Å². The quantitative estimate of drug-likeness (QED) is 0.844. The number of benzene rings is 1. The zero-order chi connectivity index (χ0) is 13.9. The van der Waals surface area contributed by atoms with Gasteiger partial charge in [-0.2, -0.15) is 0 Å². The average Bonchev–Trinajstić information content (AvgIpc) is 2.47. The van der Waals surface area contributed by atoms with Crippen LogP contribution < -0.4 is 5.73 Å². The molecule has 1 aliphatic rings. The molecule has 1 aliphatic carbocycles. The van der Waals surface area contributed by atoms with Gasteiger partial charge in [-0.25, -0.2) is 0 Å². The van der Waals surface area contributed by atoms with Gasteiger partial charge >= 0.3 is 0 Å². The van der Waals surface area contributed by atoms with Crippen molar-refractivity contribution in [3.8, 4) is 0 Å². The van der Waals surface area contributed by atoms with Crippen LogP contribution in [0.2, 0.25) is 0 Å². The van der Waals surface area contributed by atoms with Crippen LogP contribution in [0.15, 0.2) is 18.2 Å². The first-order chi connectivity index (χ1) is 9.13. The lowest BCUT2D eigenvalue weighted by Gasteiger charge is -2.38. The molecule has 1 saturated carbocycles. The van der Waals surface area contributed by atoms with Crippen LogP contribution in [0.1, 0.15) is 75.5 Å². The van der Waals surface area contributed by atoms with Gasteiger partial charge in [0.15, 0.2) is 0 Å². The van der Waals surface area contributed by atoms with E-state index in [1.807, 2.05) is 0 Å². The van der Waals surface area contributed by atoms with Crippen molar-refractivity contribution in [3.05, 3.63) is 34.9 Å². The van der Waals surface area contributed by atoms with Crippen LogP contribution in [0.5, 0.6) is 0 Å². The SMILES string of the molecule is CCc1ccc(C(C)C)cc1C1(CN)CCCCC1. The molecule has 0 unspecified atom stereocenters. The summed E-state index contributed by atoms with van der Waals surface area (Å²) in [5.74, 6) is 0.600. The molecule has 1 aromatic carbocycles. The minimum absolute atomic E-state index is 0.258. The van der Waals surface area contributed by atoms with E-state index in [-0.39, 0.29) is 5.41 Å². The number of rotatable bonds is 4. The molecule has 0 bridgehead atoms. The molecule has 1 aromatic rings. The van der Waals surface area contributed by atoms with Gasteiger partial charge in [0.1, 0.15) is 0 Å². The highest BCUT2D eigenvalue weighted by Gasteiger charge is 2.34. The summed E-state index contributed by atoms with van der Waals surface area (Å²) in [4.78, 5) is 0. The first kappa shape index (κ1) is 14.6. The maximum absolute atomic E-state index is 6.22. The monoisotopic (exact) mass is 259 g/mol. The molecule has 1 nitrogen and oxygen atoms in total. The van der Waals surface area contributed by atoms with Crippen LogP contribution in [-0.4, -0.2) is 6.54 Å². The van der Waals surface area contributed by atoms with Gasteiger partial charge in [-0.05, 0) is 41.9 Å². The molecule has 0 heterocycles. The second kappa shape index (κ2) is 6.09. The number of hydrogen-bond acceptors (Lipinski definition) is 1. The molecule has 1 heteroatoms. The lowest BCUT2D eigenvalue weighted by Crippen LogP contribution is -2.38. The van der Waals surface area contributed by atoms with Crippen molar-refractivity contribution >= 4 is 0 Å². The third-order valence-corrected chi connectivity index (χ3v) is 4.95. The third kappa shape index (κ3) is 2.86. The highest BCUT2D eigenvalue weighted by Crippen LogP contribution is 2.41. The summed E-state index contributed by atoms with van der Waals surface area (Å²) in [6.07, 6.45) is 7.73. The standard InChI is InChI=1S/C18H29N/c1-4-15-8-9-16(14(2)3)12-17(15)18(13-19)10-6-5-7-11-18/h8-9,12,14H,4-7,10-11,13,19H2,1-3H3. The van der Waals surface area contributed by atoms with Crippen LogP contribution in [-0.2, 0) is 11.8 Å². The summed E-state index contributed by atoms with van der Waals surface area (Å²) in [6, 6.07) is 7.11. The predicted octanol–water partition coefficient (Wildman–Crippen LogP) is 4.53. The highest BCUT2D eigenvalue weighted by atomic mass is 14.6. The molecule has 0 aliphatic heterocycles. The van der Waals surface area contributed by atoms with Crippen molar-refractivity contribution in [2.75, 3.05) is 6.54 Å². The molecule has 0 atom stereocenters. The lowest BCUT2D eigenvalue weighted by molar-refractivity contribution is 0.299. The summed E-state index contributed by atoms with van der Waals surface area (Å²) >= 11 is 0. The Hall–Kier alpha value is -0.820. The molecular formula is C18H29N. The Balaban J connectivity index is 2.47. The minimum atomic E-state index is 0.258. The second-order valence-corrected chi connectivity index (χ2v) is 6.47. The van der Waals surface area contributed by atoms with Crippen molar-refractivity contribution in [3.63, 3.8) is 0 Å². The van der Waals surface area contributed by atoms with Crippen molar-refractivity contribution < 1.29 is 0 Å². The first-order valence-corrected chi connectivity index (χ1v) is 7.96. The van der Waals surface area contributed by atoms with E-state index in [9.17, 15) is 0 Å². The van der Waals surface area contributed by atoms with E-state index < -0.39 is 0 Å². The smallest absolute Gasteiger partial charge is 0.00783 e. The van der Waals surface area contributed by atoms with Gasteiger partial charge in [-0.1, -0.05) is 58.2 Å². The fourth-order valence-electron chi connectivity index (χ4n) is 3.57. The minimum Gasteiger partial charge on any atom is -0.330 e. The normalized spacial score (nSPS) is 18.8. The third-order valence-electron chi connectivity index (χ3n) is 4.95. The Morgan fingerprint density at radius 1 is 1.16 bits per heavy atom. The Morgan fingerprint density at radius 3 is 2.37 bits per heavy atom. The molecule has 19 heavy (non-hydrogen) atoms. The van der Waals surface area contributed by atoms with Gasteiger partial charge in [0.2, 0.25) is 0 Å². The fourth-order valence-corrected chi connectivity index (χ4v) is 3.57. The first-order valence-electron chi connectivity index (χ1n) is 7.96. The van der Waals surface area contributed by atoms with Gasteiger partial charge in [0.25, 0.3) is 0 Å². The van der Waals surface area contributed by atoms with E-state index in [2.05, 4.69) is 39.0 Å². The molecule has 2 rings (SSSR count). The molecular weight excluding hydrogens is 230 g/mol. The molecule has 0 radical (unpaired) electrons. The highest BCUT2D eigenvalue weighted by molar-refractivity contribution is 5.40. The number of hydrogen-bond donors (Lipinski definition) is 1. The lowest BCUT2D eigenvalue weighted by atomic mass is 9.67. The second-order valence-electron chi connectivity index (χ2n) is 6.47. The van der Waals surface area contributed by atoms with Gasteiger partial charge in [-0.3, -0.25) is 0 Å². The molecule has 0 spiro atoms. The molecule has 0 saturated heterocycles. The van der Waals surface area contributed by atoms with Crippen molar-refractivity contribution in [2.24, 2.45) is 5.73 Å². The van der Waals surface area contributed by atoms with Gasteiger partial charge in [0, 0.05) is 12.0 Å². The van der Waals surface area contributed by atoms with E-state index in [1.165, 1.54) is 43.2 Å². The van der Waals surface area contributed by atoms with Crippen LogP contribution in [0.25, 0.3) is 0 Å². The maximum atomic E-state index is 6.22. The zero-order valence-electron chi connectivity index (χ0n) is 12.8. The fraction of sp³-hybridized carbons (Fsp3) is 0.667. The van der Waals surface area contributed by atoms with Crippen LogP contribution >= 0.6 is 0 Å². The van der Waals surface area contributed by atoms with Gasteiger partial charge < -0.3 is 5.73 Å².